The van der Waals surface area contributed by atoms with Gasteiger partial charge in [0.25, 0.3) is 10.0 Å². The number of hydrogen-bond donors (Lipinski definition) is 1. The molecule has 0 unspecified atom stereocenters. The lowest BCUT2D eigenvalue weighted by Gasteiger charge is -2.22. The fourth-order valence-electron chi connectivity index (χ4n) is 1.69. The minimum absolute atomic E-state index is 0.308. The van der Waals surface area contributed by atoms with E-state index in [4.69, 9.17) is 5.73 Å². The summed E-state index contributed by atoms with van der Waals surface area (Å²) in [5.41, 5.74) is 7.48. The number of nitrogens with two attached hydrogens (primary N) is 1. The van der Waals surface area contributed by atoms with Crippen LogP contribution in [0, 0.1) is 6.92 Å². The molecule has 1 aromatic carbocycles. The SMILES string of the molecule is Cc1ccc(S(=O)(=O)N2C=CC(CN)=CC2)cc1. The summed E-state index contributed by atoms with van der Waals surface area (Å²) in [6.07, 6.45) is 5.12. The highest BCUT2D eigenvalue weighted by molar-refractivity contribution is 7.89. The van der Waals surface area contributed by atoms with Crippen LogP contribution >= 0.6 is 0 Å². The van der Waals surface area contributed by atoms with Gasteiger partial charge in [0.15, 0.2) is 0 Å². The minimum Gasteiger partial charge on any atom is -0.327 e. The molecule has 1 aromatic rings. The van der Waals surface area contributed by atoms with E-state index < -0.39 is 10.0 Å². The Balaban J connectivity index is 2.26. The maximum atomic E-state index is 12.3. The predicted molar refractivity (Wildman–Crippen MR) is 71.3 cm³/mol. The van der Waals surface area contributed by atoms with Gasteiger partial charge in [0.1, 0.15) is 0 Å². The molecule has 0 spiro atoms. The summed E-state index contributed by atoms with van der Waals surface area (Å²) in [6, 6.07) is 6.84. The molecule has 1 aliphatic rings. The predicted octanol–water partition coefficient (Wildman–Crippen LogP) is 1.40. The van der Waals surface area contributed by atoms with Gasteiger partial charge < -0.3 is 5.73 Å². The van der Waals surface area contributed by atoms with E-state index in [9.17, 15) is 8.42 Å². The molecule has 4 nitrogen and oxygen atoms in total. The number of rotatable bonds is 3. The molecule has 0 radical (unpaired) electrons. The summed E-state index contributed by atoms with van der Waals surface area (Å²) in [5, 5.41) is 0. The average Bonchev–Trinajstić information content (AvgIpc) is 2.39. The van der Waals surface area contributed by atoms with Crippen LogP contribution in [-0.4, -0.2) is 25.8 Å². The first-order chi connectivity index (χ1) is 8.54. The maximum Gasteiger partial charge on any atom is 0.264 e. The average molecular weight is 264 g/mol. The summed E-state index contributed by atoms with van der Waals surface area (Å²) in [7, 11) is -3.45. The Labute approximate surface area is 107 Å². The highest BCUT2D eigenvalue weighted by Gasteiger charge is 2.21. The zero-order chi connectivity index (χ0) is 13.2. The Morgan fingerprint density at radius 2 is 1.94 bits per heavy atom. The lowest BCUT2D eigenvalue weighted by atomic mass is 10.2. The first-order valence-electron chi connectivity index (χ1n) is 5.70. The Morgan fingerprint density at radius 3 is 2.44 bits per heavy atom. The summed E-state index contributed by atoms with van der Waals surface area (Å²) in [6.45, 7) is 2.68. The fraction of sp³-hybridized carbons (Fsp3) is 0.231. The van der Waals surface area contributed by atoms with E-state index in [1.165, 1.54) is 4.31 Å². The molecular weight excluding hydrogens is 248 g/mol. The number of benzene rings is 1. The zero-order valence-electron chi connectivity index (χ0n) is 10.2. The maximum absolute atomic E-state index is 12.3. The van der Waals surface area contributed by atoms with E-state index in [-0.39, 0.29) is 0 Å². The van der Waals surface area contributed by atoms with Crippen LogP contribution in [0.1, 0.15) is 5.56 Å². The number of nitrogens with zero attached hydrogens (tertiary/aromatic N) is 1. The van der Waals surface area contributed by atoms with Crippen molar-refractivity contribution < 1.29 is 8.42 Å². The van der Waals surface area contributed by atoms with Gasteiger partial charge in [-0.05, 0) is 30.7 Å². The molecule has 5 heteroatoms. The standard InChI is InChI=1S/C13H16N2O2S/c1-11-2-4-13(5-3-11)18(16,17)15-8-6-12(10-14)7-9-15/h2-8H,9-10,14H2,1H3. The van der Waals surface area contributed by atoms with E-state index in [1.807, 2.05) is 13.0 Å². The topological polar surface area (TPSA) is 63.4 Å². The quantitative estimate of drug-likeness (QED) is 0.897. The molecule has 0 atom stereocenters. The molecule has 2 N–H and O–H groups in total. The van der Waals surface area contributed by atoms with Gasteiger partial charge in [0.2, 0.25) is 0 Å². The summed E-state index contributed by atoms with van der Waals surface area (Å²) < 4.78 is 25.9. The lowest BCUT2D eigenvalue weighted by Crippen LogP contribution is -2.28. The fourth-order valence-corrected chi connectivity index (χ4v) is 2.93. The second-order valence-corrected chi connectivity index (χ2v) is 6.08. The Bertz CT molecular complexity index is 586. The van der Waals surface area contributed by atoms with E-state index >= 15 is 0 Å². The highest BCUT2D eigenvalue weighted by atomic mass is 32.2. The van der Waals surface area contributed by atoms with Crippen LogP contribution in [-0.2, 0) is 10.0 Å². The second kappa shape index (κ2) is 4.96. The molecule has 1 heterocycles. The molecule has 0 bridgehead atoms. The summed E-state index contributed by atoms with van der Waals surface area (Å²) in [4.78, 5) is 0.308. The van der Waals surface area contributed by atoms with Crippen molar-refractivity contribution in [2.45, 2.75) is 11.8 Å². The number of hydrogen-bond acceptors (Lipinski definition) is 3. The van der Waals surface area contributed by atoms with Crippen molar-refractivity contribution in [2.75, 3.05) is 13.1 Å². The van der Waals surface area contributed by atoms with Crippen LogP contribution in [0.25, 0.3) is 0 Å². The largest absolute Gasteiger partial charge is 0.327 e. The minimum atomic E-state index is -3.45. The zero-order valence-corrected chi connectivity index (χ0v) is 11.0. The number of sulfonamides is 1. The van der Waals surface area contributed by atoms with Gasteiger partial charge in [0.05, 0.1) is 11.4 Å². The monoisotopic (exact) mass is 264 g/mol. The van der Waals surface area contributed by atoms with Gasteiger partial charge >= 0.3 is 0 Å². The van der Waals surface area contributed by atoms with Crippen LogP contribution in [0.2, 0.25) is 0 Å². The Kier molecular flexibility index (Phi) is 3.54. The third-order valence-electron chi connectivity index (χ3n) is 2.85. The van der Waals surface area contributed by atoms with E-state index in [0.29, 0.717) is 18.0 Å². The van der Waals surface area contributed by atoms with Gasteiger partial charge in [-0.1, -0.05) is 23.8 Å². The highest BCUT2D eigenvalue weighted by Crippen LogP contribution is 2.19. The van der Waals surface area contributed by atoms with Gasteiger partial charge in [-0.15, -0.1) is 0 Å². The van der Waals surface area contributed by atoms with Gasteiger partial charge in [-0.25, -0.2) is 8.42 Å². The normalized spacial score (nSPS) is 15.7. The molecule has 0 saturated carbocycles. The van der Waals surface area contributed by atoms with Crippen LogP contribution in [0.3, 0.4) is 0 Å². The van der Waals surface area contributed by atoms with Gasteiger partial charge in [0, 0.05) is 12.7 Å². The van der Waals surface area contributed by atoms with Crippen molar-refractivity contribution >= 4 is 10.0 Å². The first-order valence-corrected chi connectivity index (χ1v) is 7.14. The third kappa shape index (κ3) is 2.47. The van der Waals surface area contributed by atoms with Crippen molar-refractivity contribution in [3.05, 3.63) is 53.8 Å². The lowest BCUT2D eigenvalue weighted by molar-refractivity contribution is 0.519. The van der Waals surface area contributed by atoms with Crippen LogP contribution in [0.4, 0.5) is 0 Å². The van der Waals surface area contributed by atoms with E-state index in [1.54, 1.807) is 36.5 Å². The molecule has 18 heavy (non-hydrogen) atoms. The van der Waals surface area contributed by atoms with Crippen molar-refractivity contribution in [1.29, 1.82) is 0 Å². The molecule has 1 aliphatic heterocycles. The summed E-state index contributed by atoms with van der Waals surface area (Å²) in [5.74, 6) is 0. The molecule has 2 rings (SSSR count). The van der Waals surface area contributed by atoms with E-state index in [2.05, 4.69) is 0 Å². The molecule has 0 amide bonds. The van der Waals surface area contributed by atoms with Crippen molar-refractivity contribution in [1.82, 2.24) is 4.31 Å². The van der Waals surface area contributed by atoms with Crippen molar-refractivity contribution in [3.8, 4) is 0 Å². The smallest absolute Gasteiger partial charge is 0.264 e. The van der Waals surface area contributed by atoms with Gasteiger partial charge in [-0.3, -0.25) is 4.31 Å². The Morgan fingerprint density at radius 1 is 1.28 bits per heavy atom. The molecule has 0 aliphatic carbocycles. The molecule has 96 valence electrons. The van der Waals surface area contributed by atoms with Crippen LogP contribution < -0.4 is 5.73 Å². The molecular formula is C13H16N2O2S. The van der Waals surface area contributed by atoms with E-state index in [0.717, 1.165) is 11.1 Å². The molecule has 0 fully saturated rings. The van der Waals surface area contributed by atoms with Crippen LogP contribution in [0.5, 0.6) is 0 Å². The molecule has 0 aromatic heterocycles. The van der Waals surface area contributed by atoms with Gasteiger partial charge in [-0.2, -0.15) is 0 Å². The third-order valence-corrected chi connectivity index (χ3v) is 4.61. The first kappa shape index (κ1) is 12.9. The number of aryl methyl sites for hydroxylation is 1. The second-order valence-electron chi connectivity index (χ2n) is 4.19. The van der Waals surface area contributed by atoms with Crippen LogP contribution in [0.15, 0.2) is 53.1 Å². The summed E-state index contributed by atoms with van der Waals surface area (Å²) >= 11 is 0. The Hall–Kier alpha value is -1.59. The molecule has 0 saturated heterocycles. The van der Waals surface area contributed by atoms with Crippen molar-refractivity contribution in [2.24, 2.45) is 5.73 Å². The van der Waals surface area contributed by atoms with Crippen molar-refractivity contribution in [3.63, 3.8) is 0 Å².